The number of aromatic nitrogens is 4. The van der Waals surface area contributed by atoms with E-state index in [4.69, 9.17) is 9.16 Å². The van der Waals surface area contributed by atoms with Crippen LogP contribution in [-0.4, -0.2) is 65.2 Å². The zero-order valence-corrected chi connectivity index (χ0v) is 29.7. The molecule has 1 atom stereocenters. The van der Waals surface area contributed by atoms with Crippen molar-refractivity contribution >= 4 is 20.4 Å². The zero-order chi connectivity index (χ0) is 33.5. The summed E-state index contributed by atoms with van der Waals surface area (Å²) in [5.41, 5.74) is 4.24. The van der Waals surface area contributed by atoms with Gasteiger partial charge in [0.1, 0.15) is 0 Å². The van der Waals surface area contributed by atoms with Crippen LogP contribution in [0.15, 0.2) is 96.6 Å². The summed E-state index contributed by atoms with van der Waals surface area (Å²) in [5.74, 6) is 0.463. The van der Waals surface area contributed by atoms with E-state index in [1.807, 2.05) is 6.92 Å². The minimum absolute atomic E-state index is 0.0613. The first kappa shape index (κ1) is 34.4. The van der Waals surface area contributed by atoms with E-state index in [9.17, 15) is 4.79 Å². The number of aryl methyl sites for hydroxylation is 1. The summed E-state index contributed by atoms with van der Waals surface area (Å²) in [5, 5.41) is 12.8. The molecule has 2 heterocycles. The number of hydrogen-bond donors (Lipinski definition) is 0. The Morgan fingerprint density at radius 2 is 1.47 bits per heavy atom. The minimum atomic E-state index is -2.12. The second-order valence-electron chi connectivity index (χ2n) is 13.8. The van der Waals surface area contributed by atoms with Crippen molar-refractivity contribution < 1.29 is 14.0 Å². The molecule has 1 unspecified atom stereocenters. The average molecular weight is 652 g/mol. The van der Waals surface area contributed by atoms with Gasteiger partial charge in [-0.15, -0.1) is 5.10 Å². The van der Waals surface area contributed by atoms with Crippen molar-refractivity contribution in [2.75, 3.05) is 19.7 Å². The predicted octanol–water partition coefficient (Wildman–Crippen LogP) is 7.49. The van der Waals surface area contributed by atoms with Crippen molar-refractivity contribution in [3.05, 3.63) is 119 Å². The third-order valence-electron chi connectivity index (χ3n) is 9.67. The molecule has 1 saturated heterocycles. The number of nitrogens with zero attached hydrogens (tertiary/aromatic N) is 5. The molecular formula is C38H49N5O3Si. The first-order valence-electron chi connectivity index (χ1n) is 16.8. The lowest BCUT2D eigenvalue weighted by Gasteiger charge is -2.50. The number of tetrazole rings is 1. The number of esters is 1. The molecule has 0 saturated carbocycles. The second-order valence-corrected chi connectivity index (χ2v) is 18.5. The first-order chi connectivity index (χ1) is 22.6. The maximum absolute atomic E-state index is 12.0. The fourth-order valence-corrected chi connectivity index (χ4v) is 7.62. The average Bonchev–Trinajstić information content (AvgIpc) is 3.50. The summed E-state index contributed by atoms with van der Waals surface area (Å²) < 4.78 is 14.1. The largest absolute Gasteiger partial charge is 0.466 e. The lowest BCUT2D eigenvalue weighted by atomic mass is 9.74. The topological polar surface area (TPSA) is 82.4 Å². The van der Waals surface area contributed by atoms with Gasteiger partial charge in [-0.25, -0.2) is 4.68 Å². The van der Waals surface area contributed by atoms with Crippen molar-refractivity contribution in [1.29, 1.82) is 0 Å². The van der Waals surface area contributed by atoms with Crippen LogP contribution in [0.4, 0.5) is 0 Å². The van der Waals surface area contributed by atoms with Crippen LogP contribution in [0.25, 0.3) is 6.08 Å². The number of carbonyl (C=O) groups is 1. The third-order valence-corrected chi connectivity index (χ3v) is 14.2. The number of piperidine rings is 1. The van der Waals surface area contributed by atoms with Crippen LogP contribution >= 0.6 is 0 Å². The summed E-state index contributed by atoms with van der Waals surface area (Å²) in [6.45, 7) is 15.7. The van der Waals surface area contributed by atoms with Crippen LogP contribution in [-0.2, 0) is 26.0 Å². The fourth-order valence-electron chi connectivity index (χ4n) is 6.28. The molecule has 4 aromatic rings. The van der Waals surface area contributed by atoms with Gasteiger partial charge in [-0.2, -0.15) is 0 Å². The van der Waals surface area contributed by atoms with Gasteiger partial charge in [0.2, 0.25) is 0 Å². The molecule has 0 aliphatic carbocycles. The summed E-state index contributed by atoms with van der Waals surface area (Å²) in [4.78, 5) is 14.6. The zero-order valence-electron chi connectivity index (χ0n) is 28.7. The van der Waals surface area contributed by atoms with Gasteiger partial charge in [0.25, 0.3) is 0 Å². The number of ether oxygens (including phenoxy) is 1. The molecule has 0 spiro atoms. The molecule has 0 bridgehead atoms. The highest BCUT2D eigenvalue weighted by atomic mass is 28.4. The Labute approximate surface area is 280 Å². The molecular weight excluding hydrogens is 603 g/mol. The highest BCUT2D eigenvalue weighted by Gasteiger charge is 2.46. The standard InChI is InChI=1S/C38H49N5O3Si/c1-7-45-36(44)24-17-26-43-35(39-40-41-43)28-30-29-42(27-25-34(30)46-47(5,6)37(2,3)4)38(31-18-11-8-12-19-31,32-20-13-9-14-21-32)33-22-15-10-16-23-33/h8-16,18-23,28,34H,7,17,24-27,29H2,1-6H3/b30-28+. The summed E-state index contributed by atoms with van der Waals surface area (Å²) in [6.07, 6.45) is 3.80. The van der Waals surface area contributed by atoms with E-state index in [-0.39, 0.29) is 17.1 Å². The molecule has 9 heteroatoms. The number of likely N-dealkylation sites (tertiary alicyclic amines) is 1. The lowest BCUT2D eigenvalue weighted by molar-refractivity contribution is -0.143. The molecule has 5 rings (SSSR count). The summed E-state index contributed by atoms with van der Waals surface area (Å²) in [7, 11) is -2.12. The molecule has 0 amide bonds. The van der Waals surface area contributed by atoms with Crippen LogP contribution in [0.2, 0.25) is 18.1 Å². The maximum Gasteiger partial charge on any atom is 0.305 e. The van der Waals surface area contributed by atoms with Crippen molar-refractivity contribution in [1.82, 2.24) is 25.1 Å². The molecule has 47 heavy (non-hydrogen) atoms. The van der Waals surface area contributed by atoms with Gasteiger partial charge in [0.15, 0.2) is 14.1 Å². The Morgan fingerprint density at radius 1 is 0.915 bits per heavy atom. The van der Waals surface area contributed by atoms with Crippen molar-refractivity contribution in [2.24, 2.45) is 0 Å². The third kappa shape index (κ3) is 7.64. The number of benzene rings is 3. The van der Waals surface area contributed by atoms with Crippen molar-refractivity contribution in [3.63, 3.8) is 0 Å². The van der Waals surface area contributed by atoms with Gasteiger partial charge in [-0.05, 0) is 76.7 Å². The monoisotopic (exact) mass is 651 g/mol. The normalized spacial score (nSPS) is 17.1. The lowest BCUT2D eigenvalue weighted by Crippen LogP contribution is -2.55. The molecule has 8 nitrogen and oxygen atoms in total. The first-order valence-corrected chi connectivity index (χ1v) is 19.7. The number of rotatable bonds is 12. The molecule has 1 fully saturated rings. The van der Waals surface area contributed by atoms with Crippen LogP contribution in [0.3, 0.4) is 0 Å². The highest BCUT2D eigenvalue weighted by molar-refractivity contribution is 6.74. The SMILES string of the molecule is CCOC(=O)CCCn1nnnc1/C=C1\CN(C(c2ccccc2)(c2ccccc2)c2ccccc2)CCC1O[Si](C)(C)C(C)(C)C. The molecule has 0 radical (unpaired) electrons. The van der Waals surface area contributed by atoms with Gasteiger partial charge in [0, 0.05) is 26.1 Å². The van der Waals surface area contributed by atoms with Gasteiger partial charge in [-0.3, -0.25) is 9.69 Å². The van der Waals surface area contributed by atoms with Crippen LogP contribution in [0.1, 0.15) is 69.5 Å². The summed E-state index contributed by atoms with van der Waals surface area (Å²) in [6, 6.07) is 32.5. The Morgan fingerprint density at radius 3 is 1.98 bits per heavy atom. The van der Waals surface area contributed by atoms with E-state index in [1.54, 1.807) is 4.68 Å². The second kappa shape index (κ2) is 14.9. The van der Waals surface area contributed by atoms with Crippen LogP contribution in [0.5, 0.6) is 0 Å². The smallest absolute Gasteiger partial charge is 0.305 e. The van der Waals surface area contributed by atoms with E-state index in [0.717, 1.165) is 18.5 Å². The van der Waals surface area contributed by atoms with Gasteiger partial charge in [0.05, 0.1) is 18.2 Å². The predicted molar refractivity (Wildman–Crippen MR) is 189 cm³/mol. The maximum atomic E-state index is 12.0. The Bertz CT molecular complexity index is 1520. The molecule has 3 aromatic carbocycles. The molecule has 1 aromatic heterocycles. The van der Waals surface area contributed by atoms with E-state index in [0.29, 0.717) is 38.4 Å². The van der Waals surface area contributed by atoms with E-state index >= 15 is 0 Å². The highest BCUT2D eigenvalue weighted by Crippen LogP contribution is 2.46. The van der Waals surface area contributed by atoms with Gasteiger partial charge >= 0.3 is 5.97 Å². The van der Waals surface area contributed by atoms with Crippen LogP contribution < -0.4 is 0 Å². The molecule has 1 aliphatic heterocycles. The van der Waals surface area contributed by atoms with Gasteiger partial charge in [-0.1, -0.05) is 112 Å². The number of carbonyl (C=O) groups excluding carboxylic acids is 1. The van der Waals surface area contributed by atoms with Crippen molar-refractivity contribution in [2.45, 2.75) is 83.3 Å². The Hall–Kier alpha value is -3.92. The van der Waals surface area contributed by atoms with Crippen LogP contribution in [0, 0.1) is 0 Å². The molecule has 0 N–H and O–H groups in total. The van der Waals surface area contributed by atoms with Crippen molar-refractivity contribution in [3.8, 4) is 0 Å². The fraction of sp³-hybridized carbons (Fsp3) is 0.421. The van der Waals surface area contributed by atoms with E-state index in [1.165, 1.54) is 16.7 Å². The number of hydrogen-bond acceptors (Lipinski definition) is 7. The Balaban J connectivity index is 1.60. The Kier molecular flexibility index (Phi) is 10.9. The molecule has 248 valence electrons. The summed E-state index contributed by atoms with van der Waals surface area (Å²) >= 11 is 0. The minimum Gasteiger partial charge on any atom is -0.466 e. The van der Waals surface area contributed by atoms with E-state index < -0.39 is 13.9 Å². The molecule has 1 aliphatic rings. The quantitative estimate of drug-likeness (QED) is 0.0892. The van der Waals surface area contributed by atoms with E-state index in [2.05, 4.69) is 151 Å². The van der Waals surface area contributed by atoms with Gasteiger partial charge < -0.3 is 9.16 Å².